The lowest BCUT2D eigenvalue weighted by atomic mass is 9.72. The number of anilines is 4. The van der Waals surface area contributed by atoms with Crippen LogP contribution < -0.4 is 10.6 Å². The topological polar surface area (TPSA) is 84.5 Å². The summed E-state index contributed by atoms with van der Waals surface area (Å²) in [5.74, 6) is -0.800. The summed E-state index contributed by atoms with van der Waals surface area (Å²) in [7, 11) is 0. The molecule has 0 amide bonds. The molecular weight excluding hydrogens is 560 g/mol. The summed E-state index contributed by atoms with van der Waals surface area (Å²) in [5.41, 5.74) is 5.93. The summed E-state index contributed by atoms with van der Waals surface area (Å²) >= 11 is 0. The number of carbonyl (C=O) groups is 3. The smallest absolute Gasteiger partial charge is 0.309 e. The Kier molecular flexibility index (Phi) is 8.70. The van der Waals surface area contributed by atoms with Gasteiger partial charge < -0.3 is 15.4 Å². The third-order valence-electron chi connectivity index (χ3n) is 8.17. The van der Waals surface area contributed by atoms with Crippen LogP contribution in [-0.4, -0.2) is 17.5 Å². The molecule has 0 saturated carbocycles. The molecule has 1 atom stereocenters. The summed E-state index contributed by atoms with van der Waals surface area (Å²) < 4.78 is 5.77. The normalized spacial score (nSPS) is 13.5. The van der Waals surface area contributed by atoms with E-state index in [2.05, 4.69) is 52.2 Å². The molecule has 0 aromatic heterocycles. The molecule has 0 saturated heterocycles. The van der Waals surface area contributed by atoms with Gasteiger partial charge in [-0.3, -0.25) is 14.4 Å². The standard InChI is InChI=1S/C39H42N2O4/c1-24-12-16-26(17-13-24)40-31-20-21-32(34-33(31)35(42)28-10-8-9-11-29(28)36(34)43)41-27-18-14-25(15-19-27)23-45-37(44)30(39(5,6)7)22-38(2,3)4/h8-21,30,40-41H,22-23H2,1-7H3. The molecule has 0 radical (unpaired) electrons. The van der Waals surface area contributed by atoms with E-state index in [0.29, 0.717) is 33.6 Å². The van der Waals surface area contributed by atoms with Crippen LogP contribution in [0.25, 0.3) is 0 Å². The van der Waals surface area contributed by atoms with Gasteiger partial charge in [0.2, 0.25) is 0 Å². The van der Waals surface area contributed by atoms with Crippen LogP contribution >= 0.6 is 0 Å². The van der Waals surface area contributed by atoms with Gasteiger partial charge in [0.15, 0.2) is 11.6 Å². The average molecular weight is 603 g/mol. The van der Waals surface area contributed by atoms with Crippen molar-refractivity contribution in [3.05, 3.63) is 118 Å². The highest BCUT2D eigenvalue weighted by molar-refractivity contribution is 6.32. The number of carbonyl (C=O) groups excluding carboxylic acids is 3. The Hall–Kier alpha value is -4.71. The van der Waals surface area contributed by atoms with E-state index in [1.807, 2.05) is 67.6 Å². The largest absolute Gasteiger partial charge is 0.461 e. The molecule has 6 heteroatoms. The number of hydrogen-bond acceptors (Lipinski definition) is 6. The van der Waals surface area contributed by atoms with E-state index in [9.17, 15) is 14.4 Å². The lowest BCUT2D eigenvalue weighted by molar-refractivity contribution is -0.155. The Bertz CT molecular complexity index is 1740. The second-order valence-corrected chi connectivity index (χ2v) is 14.2. The average Bonchev–Trinajstić information content (AvgIpc) is 2.99. The second kappa shape index (κ2) is 12.4. The monoisotopic (exact) mass is 602 g/mol. The molecule has 232 valence electrons. The minimum Gasteiger partial charge on any atom is -0.461 e. The van der Waals surface area contributed by atoms with Crippen molar-refractivity contribution in [3.8, 4) is 0 Å². The fourth-order valence-corrected chi connectivity index (χ4v) is 5.67. The van der Waals surface area contributed by atoms with Gasteiger partial charge in [-0.1, -0.05) is 95.6 Å². The summed E-state index contributed by atoms with van der Waals surface area (Å²) in [5, 5.41) is 6.71. The zero-order valence-electron chi connectivity index (χ0n) is 27.2. The van der Waals surface area contributed by atoms with E-state index in [1.54, 1.807) is 24.3 Å². The highest BCUT2D eigenvalue weighted by atomic mass is 16.5. The van der Waals surface area contributed by atoms with E-state index < -0.39 is 0 Å². The first-order valence-electron chi connectivity index (χ1n) is 15.4. The highest BCUT2D eigenvalue weighted by Gasteiger charge is 2.36. The first-order valence-corrected chi connectivity index (χ1v) is 15.4. The fraction of sp³-hybridized carbons (Fsp3) is 0.308. The molecule has 0 heterocycles. The molecule has 4 aromatic rings. The number of hydrogen-bond donors (Lipinski definition) is 2. The molecule has 0 bridgehead atoms. The van der Waals surface area contributed by atoms with Gasteiger partial charge in [-0.05, 0) is 66.1 Å². The predicted octanol–water partition coefficient (Wildman–Crippen LogP) is 9.40. The van der Waals surface area contributed by atoms with Gasteiger partial charge in [0.25, 0.3) is 0 Å². The molecule has 1 aliphatic rings. The maximum absolute atomic E-state index is 13.9. The quantitative estimate of drug-likeness (QED) is 0.172. The van der Waals surface area contributed by atoms with Crippen LogP contribution in [0.2, 0.25) is 0 Å². The summed E-state index contributed by atoms with van der Waals surface area (Å²) in [6.45, 7) is 14.8. The van der Waals surface area contributed by atoms with Crippen LogP contribution in [0.5, 0.6) is 0 Å². The molecule has 2 N–H and O–H groups in total. The van der Waals surface area contributed by atoms with E-state index >= 15 is 0 Å². The number of fused-ring (bicyclic) bond motifs is 2. The number of benzene rings is 4. The van der Waals surface area contributed by atoms with Gasteiger partial charge in [0.05, 0.1) is 28.4 Å². The highest BCUT2D eigenvalue weighted by Crippen LogP contribution is 2.39. The number of ketones is 2. The molecule has 0 fully saturated rings. The summed E-state index contributed by atoms with van der Waals surface area (Å²) in [4.78, 5) is 40.8. The number of aryl methyl sites for hydroxylation is 1. The molecule has 4 aromatic carbocycles. The van der Waals surface area contributed by atoms with E-state index in [4.69, 9.17) is 4.74 Å². The van der Waals surface area contributed by atoms with Crippen molar-refractivity contribution in [1.82, 2.24) is 0 Å². The Morgan fingerprint density at radius 3 is 1.60 bits per heavy atom. The fourth-order valence-electron chi connectivity index (χ4n) is 5.67. The third kappa shape index (κ3) is 7.17. The molecule has 1 aliphatic carbocycles. The number of ether oxygens (including phenoxy) is 1. The number of nitrogens with one attached hydrogen (secondary N) is 2. The van der Waals surface area contributed by atoms with Crippen LogP contribution in [-0.2, 0) is 16.1 Å². The first-order chi connectivity index (χ1) is 21.2. The number of rotatable bonds is 8. The third-order valence-corrected chi connectivity index (χ3v) is 8.17. The van der Waals surface area contributed by atoms with Gasteiger partial charge >= 0.3 is 5.97 Å². The summed E-state index contributed by atoms with van der Waals surface area (Å²) in [6, 6.07) is 26.0. The second-order valence-electron chi connectivity index (χ2n) is 14.2. The lowest BCUT2D eigenvalue weighted by Crippen LogP contribution is -2.33. The zero-order chi connectivity index (χ0) is 32.5. The van der Waals surface area contributed by atoms with Crippen LogP contribution in [0.1, 0.15) is 90.9 Å². The van der Waals surface area contributed by atoms with Crippen LogP contribution in [0.4, 0.5) is 22.7 Å². The van der Waals surface area contributed by atoms with Gasteiger partial charge in [-0.2, -0.15) is 0 Å². The van der Waals surface area contributed by atoms with Crippen molar-refractivity contribution >= 4 is 40.3 Å². The molecule has 0 spiro atoms. The first kappa shape index (κ1) is 31.7. The molecule has 5 rings (SSSR count). The van der Waals surface area contributed by atoms with Gasteiger partial charge in [-0.15, -0.1) is 0 Å². The SMILES string of the molecule is Cc1ccc(Nc2ccc(Nc3ccc(COC(=O)C(CC(C)(C)C)C(C)(C)C)cc3)c3c2C(=O)c2ccccc2C3=O)cc1. The Morgan fingerprint density at radius 2 is 1.16 bits per heavy atom. The van der Waals surface area contributed by atoms with Gasteiger partial charge in [-0.25, -0.2) is 0 Å². The molecular formula is C39H42N2O4. The van der Waals surface area contributed by atoms with Crippen molar-refractivity contribution in [2.45, 2.75) is 61.5 Å². The Balaban J connectivity index is 1.39. The zero-order valence-corrected chi connectivity index (χ0v) is 27.2. The number of esters is 1. The van der Waals surface area contributed by atoms with Gasteiger partial charge in [0.1, 0.15) is 6.61 Å². The van der Waals surface area contributed by atoms with Crippen molar-refractivity contribution in [2.75, 3.05) is 10.6 Å². The van der Waals surface area contributed by atoms with Crippen LogP contribution in [0.3, 0.4) is 0 Å². The van der Waals surface area contributed by atoms with Crippen LogP contribution in [0.15, 0.2) is 84.9 Å². The van der Waals surface area contributed by atoms with Crippen molar-refractivity contribution in [2.24, 2.45) is 16.7 Å². The van der Waals surface area contributed by atoms with Crippen LogP contribution in [0, 0.1) is 23.7 Å². The van der Waals surface area contributed by atoms with E-state index in [-0.39, 0.29) is 40.9 Å². The van der Waals surface area contributed by atoms with Crippen molar-refractivity contribution < 1.29 is 19.1 Å². The van der Waals surface area contributed by atoms with Crippen molar-refractivity contribution in [1.29, 1.82) is 0 Å². The maximum Gasteiger partial charge on any atom is 0.309 e. The van der Waals surface area contributed by atoms with E-state index in [0.717, 1.165) is 28.9 Å². The minimum atomic E-state index is -0.210. The minimum absolute atomic E-state index is 0.00644. The Morgan fingerprint density at radius 1 is 0.689 bits per heavy atom. The molecule has 6 nitrogen and oxygen atoms in total. The van der Waals surface area contributed by atoms with E-state index in [1.165, 1.54) is 0 Å². The predicted molar refractivity (Wildman–Crippen MR) is 181 cm³/mol. The molecule has 0 aliphatic heterocycles. The molecule has 1 unspecified atom stereocenters. The molecule has 45 heavy (non-hydrogen) atoms. The van der Waals surface area contributed by atoms with Crippen molar-refractivity contribution in [3.63, 3.8) is 0 Å². The maximum atomic E-state index is 13.9. The summed E-state index contributed by atoms with van der Waals surface area (Å²) in [6.07, 6.45) is 0.744. The Labute approximate surface area is 266 Å². The lowest BCUT2D eigenvalue weighted by Gasteiger charge is -2.33. The van der Waals surface area contributed by atoms with Gasteiger partial charge in [0, 0.05) is 22.5 Å².